The molecular formula is C30H36F2N6O2. The van der Waals surface area contributed by atoms with E-state index in [1.807, 2.05) is 11.8 Å². The van der Waals surface area contributed by atoms with Crippen LogP contribution in [0, 0.1) is 28.4 Å². The van der Waals surface area contributed by atoms with Crippen molar-refractivity contribution >= 4 is 11.6 Å². The molecule has 0 radical (unpaired) electrons. The molecule has 10 heteroatoms. The molecule has 0 unspecified atom stereocenters. The zero-order valence-electron chi connectivity index (χ0n) is 23.9. The average Bonchev–Trinajstić information content (AvgIpc) is 3.61. The Balaban J connectivity index is 1.60. The first-order valence-electron chi connectivity index (χ1n) is 13.3. The average molecular weight is 551 g/mol. The minimum Gasteiger partial charge on any atom is -0.356 e. The number of hydrogen-bond donors (Lipinski definition) is 0. The summed E-state index contributed by atoms with van der Waals surface area (Å²) in [7, 11) is 3.22. The van der Waals surface area contributed by atoms with Crippen molar-refractivity contribution in [2.45, 2.75) is 40.5 Å². The van der Waals surface area contributed by atoms with Crippen LogP contribution in [-0.4, -0.2) is 45.9 Å². The third kappa shape index (κ3) is 5.26. The van der Waals surface area contributed by atoms with E-state index in [2.05, 4.69) is 47.8 Å². The fourth-order valence-electron chi connectivity index (χ4n) is 5.86. The molecule has 212 valence electrons. The van der Waals surface area contributed by atoms with Gasteiger partial charge in [0.15, 0.2) is 11.5 Å². The molecule has 0 saturated heterocycles. The topological polar surface area (TPSA) is 88.9 Å². The first kappa shape index (κ1) is 29.0. The smallest absolute Gasteiger partial charge is 0.275 e. The Labute approximate surface area is 233 Å². The maximum atomic E-state index is 14.6. The van der Waals surface area contributed by atoms with Crippen molar-refractivity contribution < 1.29 is 18.1 Å². The maximum Gasteiger partial charge on any atom is 0.275 e. The Kier molecular flexibility index (Phi) is 8.18. The molecule has 0 aliphatic heterocycles. The highest BCUT2D eigenvalue weighted by molar-refractivity contribution is 5.98. The Morgan fingerprint density at radius 1 is 1.27 bits per heavy atom. The largest absolute Gasteiger partial charge is 0.356 e. The van der Waals surface area contributed by atoms with Gasteiger partial charge < -0.3 is 9.42 Å². The van der Waals surface area contributed by atoms with Gasteiger partial charge in [0.05, 0.1) is 23.0 Å². The van der Waals surface area contributed by atoms with Crippen LogP contribution in [0.2, 0.25) is 0 Å². The van der Waals surface area contributed by atoms with Gasteiger partial charge in [-0.05, 0) is 60.3 Å². The number of benzene rings is 1. The third-order valence-electron chi connectivity index (χ3n) is 8.55. The van der Waals surface area contributed by atoms with E-state index in [4.69, 9.17) is 4.52 Å². The summed E-state index contributed by atoms with van der Waals surface area (Å²) in [5, 5.41) is 16.0. The Bertz CT molecular complexity index is 1440. The number of allylic oxidation sites excluding steroid dienone is 2. The number of carbonyl (C=O) groups excluding carboxylic acids is 1. The lowest BCUT2D eigenvalue weighted by Gasteiger charge is -2.44. The summed E-state index contributed by atoms with van der Waals surface area (Å²) < 4.78 is 36.1. The summed E-state index contributed by atoms with van der Waals surface area (Å²) in [6.07, 6.45) is 6.54. The van der Waals surface area contributed by atoms with Crippen molar-refractivity contribution in [1.82, 2.24) is 19.8 Å². The zero-order chi connectivity index (χ0) is 29.2. The highest BCUT2D eigenvalue weighted by Crippen LogP contribution is 2.58. The number of aryl methyl sites for hydroxylation is 1. The van der Waals surface area contributed by atoms with Crippen LogP contribution < -0.4 is 0 Å². The van der Waals surface area contributed by atoms with Crippen molar-refractivity contribution in [3.63, 3.8) is 0 Å². The Hall–Kier alpha value is -3.95. The number of aromatic nitrogens is 3. The van der Waals surface area contributed by atoms with Gasteiger partial charge >= 0.3 is 0 Å². The number of azo groups is 1. The van der Waals surface area contributed by atoms with Crippen LogP contribution in [0.4, 0.5) is 8.78 Å². The highest BCUT2D eigenvalue weighted by Gasteiger charge is 2.53. The van der Waals surface area contributed by atoms with Gasteiger partial charge in [0, 0.05) is 39.4 Å². The van der Waals surface area contributed by atoms with E-state index in [-0.39, 0.29) is 33.9 Å². The SMILES string of the molecule is C=C(/C=C(\N=N/C)c1c(F)cccc1F)[C@@H]1CC[C@@](C)(CN(CC)C(=O)c2nn(C)cc2-c2ccno2)C1(C)C. The van der Waals surface area contributed by atoms with E-state index in [0.717, 1.165) is 12.8 Å². The van der Waals surface area contributed by atoms with Gasteiger partial charge in [-0.1, -0.05) is 38.6 Å². The number of hydrogen-bond acceptors (Lipinski definition) is 6. The van der Waals surface area contributed by atoms with E-state index in [9.17, 15) is 13.6 Å². The van der Waals surface area contributed by atoms with Crippen LogP contribution in [0.1, 0.15) is 56.6 Å². The lowest BCUT2D eigenvalue weighted by Crippen LogP contribution is -2.46. The van der Waals surface area contributed by atoms with Crippen LogP contribution in [0.3, 0.4) is 0 Å². The molecule has 0 bridgehead atoms. The molecule has 1 saturated carbocycles. The molecule has 4 rings (SSSR count). The van der Waals surface area contributed by atoms with Gasteiger partial charge in [-0.15, -0.1) is 0 Å². The second kappa shape index (κ2) is 11.3. The first-order valence-corrected chi connectivity index (χ1v) is 13.3. The highest BCUT2D eigenvalue weighted by atomic mass is 19.1. The molecule has 1 fully saturated rings. The molecule has 1 aliphatic carbocycles. The number of nitrogens with zero attached hydrogens (tertiary/aromatic N) is 6. The third-order valence-corrected chi connectivity index (χ3v) is 8.55. The molecule has 1 amide bonds. The van der Waals surface area contributed by atoms with Gasteiger partial charge in [-0.3, -0.25) is 9.48 Å². The number of halogens is 2. The van der Waals surface area contributed by atoms with Crippen molar-refractivity contribution in [2.24, 2.45) is 34.0 Å². The van der Waals surface area contributed by atoms with E-state index >= 15 is 0 Å². The number of rotatable bonds is 9. The fourth-order valence-corrected chi connectivity index (χ4v) is 5.86. The van der Waals surface area contributed by atoms with Gasteiger partial charge in [0.2, 0.25) is 0 Å². The van der Waals surface area contributed by atoms with Crippen molar-refractivity contribution in [2.75, 3.05) is 20.1 Å². The summed E-state index contributed by atoms with van der Waals surface area (Å²) in [5.41, 5.74) is 0.886. The van der Waals surface area contributed by atoms with Crippen LogP contribution in [0.5, 0.6) is 0 Å². The maximum absolute atomic E-state index is 14.6. The Morgan fingerprint density at radius 3 is 2.58 bits per heavy atom. The van der Waals surface area contributed by atoms with Gasteiger partial charge in [0.25, 0.3) is 5.91 Å². The predicted octanol–water partition coefficient (Wildman–Crippen LogP) is 6.94. The summed E-state index contributed by atoms with van der Waals surface area (Å²) >= 11 is 0. The molecular weight excluding hydrogens is 514 g/mol. The van der Waals surface area contributed by atoms with Crippen LogP contribution >= 0.6 is 0 Å². The zero-order valence-corrected chi connectivity index (χ0v) is 23.9. The van der Waals surface area contributed by atoms with Gasteiger partial charge in [0.1, 0.15) is 11.6 Å². The predicted molar refractivity (Wildman–Crippen MR) is 149 cm³/mol. The van der Waals surface area contributed by atoms with Crippen LogP contribution in [-0.2, 0) is 7.05 Å². The fraction of sp³-hybridized carbons (Fsp3) is 0.433. The van der Waals surface area contributed by atoms with E-state index < -0.39 is 11.6 Å². The molecule has 2 atom stereocenters. The quantitative estimate of drug-likeness (QED) is 0.213. The molecule has 0 spiro atoms. The lowest BCUT2D eigenvalue weighted by molar-refractivity contribution is 0.0417. The first-order chi connectivity index (χ1) is 18.9. The van der Waals surface area contributed by atoms with E-state index in [1.54, 1.807) is 30.1 Å². The second-order valence-electron chi connectivity index (χ2n) is 11.1. The van der Waals surface area contributed by atoms with E-state index in [1.165, 1.54) is 31.4 Å². The van der Waals surface area contributed by atoms with Crippen molar-refractivity contribution in [3.8, 4) is 11.3 Å². The van der Waals surface area contributed by atoms with Gasteiger partial charge in [-0.25, -0.2) is 8.78 Å². The van der Waals surface area contributed by atoms with Crippen molar-refractivity contribution in [3.05, 3.63) is 77.8 Å². The number of carbonyl (C=O) groups is 1. The van der Waals surface area contributed by atoms with Crippen molar-refractivity contribution in [1.29, 1.82) is 0 Å². The minimum atomic E-state index is -0.710. The molecule has 3 aromatic rings. The van der Waals surface area contributed by atoms with Crippen LogP contribution in [0.15, 0.2) is 69.6 Å². The summed E-state index contributed by atoms with van der Waals surface area (Å²) in [6.45, 7) is 13.7. The molecule has 2 heterocycles. The second-order valence-corrected chi connectivity index (χ2v) is 11.1. The monoisotopic (exact) mass is 550 g/mol. The standard InChI is InChI=1S/C30H36F2N6O2/c1-8-38(28(39)27-20(17-37(7)36-27)25-13-15-34-40-25)18-30(5)14-12-21(29(30,3)4)19(2)16-24(35-33-6)26-22(31)10-9-11-23(26)32/h9-11,13,15-17,21H,2,8,12,14,18H2,1,3-7H3/b24-16-,35-33-/t21-,30-/m0/s1. The Morgan fingerprint density at radius 2 is 1.98 bits per heavy atom. The molecule has 0 N–H and O–H groups in total. The number of amides is 1. The lowest BCUT2D eigenvalue weighted by atomic mass is 9.64. The van der Waals surface area contributed by atoms with Crippen LogP contribution in [0.25, 0.3) is 17.0 Å². The molecule has 1 aromatic carbocycles. The normalized spacial score (nSPS) is 20.8. The van der Waals surface area contributed by atoms with E-state index in [0.29, 0.717) is 35.7 Å². The summed E-state index contributed by atoms with van der Waals surface area (Å²) in [5.74, 6) is -1.14. The minimum absolute atomic E-state index is 0.0113. The molecule has 1 aliphatic rings. The molecule has 8 nitrogen and oxygen atoms in total. The summed E-state index contributed by atoms with van der Waals surface area (Å²) in [4.78, 5) is 15.6. The molecule has 2 aromatic heterocycles. The molecule has 40 heavy (non-hydrogen) atoms. The summed E-state index contributed by atoms with van der Waals surface area (Å²) in [6, 6.07) is 5.41. The van der Waals surface area contributed by atoms with Gasteiger partial charge in [-0.2, -0.15) is 15.3 Å².